The van der Waals surface area contributed by atoms with Crippen LogP contribution in [0.2, 0.25) is 0 Å². The minimum atomic E-state index is 0.443. The zero-order valence-corrected chi connectivity index (χ0v) is 11.0. The van der Waals surface area contributed by atoms with Crippen molar-refractivity contribution in [1.29, 1.82) is 0 Å². The molecule has 1 aromatic carbocycles. The zero-order chi connectivity index (χ0) is 12.3. The lowest BCUT2D eigenvalue weighted by molar-refractivity contribution is 0.340. The molecule has 0 saturated carbocycles. The van der Waals surface area contributed by atoms with Crippen LogP contribution in [0.3, 0.4) is 0 Å². The van der Waals surface area contributed by atoms with Gasteiger partial charge >= 0.3 is 0 Å². The highest BCUT2D eigenvalue weighted by Crippen LogP contribution is 2.23. The first-order valence-corrected chi connectivity index (χ1v) is 6.51. The minimum Gasteiger partial charge on any atom is -0.494 e. The van der Waals surface area contributed by atoms with Crippen LogP contribution in [-0.2, 0) is 12.4 Å². The van der Waals surface area contributed by atoms with E-state index in [4.69, 9.17) is 16.3 Å². The van der Waals surface area contributed by atoms with Crippen LogP contribution < -0.4 is 4.74 Å². The van der Waals surface area contributed by atoms with Crippen LogP contribution >= 0.6 is 11.6 Å². The molecule has 0 bridgehead atoms. The summed E-state index contributed by atoms with van der Waals surface area (Å²) < 4.78 is 7.65. The van der Waals surface area contributed by atoms with Gasteiger partial charge in [-0.25, -0.2) is 4.98 Å². The van der Waals surface area contributed by atoms with Gasteiger partial charge in [-0.15, -0.1) is 11.6 Å². The average Bonchev–Trinajstić information content (AvgIpc) is 2.68. The van der Waals surface area contributed by atoms with Gasteiger partial charge in [-0.3, -0.25) is 0 Å². The number of halogens is 1. The molecule has 3 nitrogen and oxygen atoms in total. The van der Waals surface area contributed by atoms with E-state index in [1.165, 1.54) is 0 Å². The summed E-state index contributed by atoms with van der Waals surface area (Å²) in [6, 6.07) is 6.01. The van der Waals surface area contributed by atoms with Crippen LogP contribution in [0.15, 0.2) is 18.2 Å². The second-order valence-electron chi connectivity index (χ2n) is 3.90. The molecule has 0 aliphatic carbocycles. The van der Waals surface area contributed by atoms with E-state index >= 15 is 0 Å². The Morgan fingerprint density at radius 2 is 2.18 bits per heavy atom. The van der Waals surface area contributed by atoms with E-state index in [2.05, 4.69) is 22.5 Å². The first kappa shape index (κ1) is 12.2. The van der Waals surface area contributed by atoms with Crippen molar-refractivity contribution in [1.82, 2.24) is 9.55 Å². The topological polar surface area (TPSA) is 27.1 Å². The summed E-state index contributed by atoms with van der Waals surface area (Å²) in [7, 11) is 0. The van der Waals surface area contributed by atoms with Gasteiger partial charge in [0.1, 0.15) is 11.6 Å². The summed E-state index contributed by atoms with van der Waals surface area (Å²) in [6.07, 6.45) is 1.07. The van der Waals surface area contributed by atoms with E-state index in [1.54, 1.807) is 0 Å². The molecule has 2 rings (SSSR count). The number of hydrogen-bond acceptors (Lipinski definition) is 2. The summed E-state index contributed by atoms with van der Waals surface area (Å²) in [4.78, 5) is 4.54. The van der Waals surface area contributed by atoms with Gasteiger partial charge in [0.2, 0.25) is 0 Å². The Kier molecular flexibility index (Phi) is 3.89. The molecular formula is C13H17ClN2O. The lowest BCUT2D eigenvalue weighted by Crippen LogP contribution is -2.01. The Bertz CT molecular complexity index is 507. The van der Waals surface area contributed by atoms with Crippen LogP contribution in [-0.4, -0.2) is 16.2 Å². The summed E-state index contributed by atoms with van der Waals surface area (Å²) in [6.45, 7) is 5.75. The maximum absolute atomic E-state index is 5.93. The van der Waals surface area contributed by atoms with Crippen LogP contribution in [0, 0.1) is 0 Å². The van der Waals surface area contributed by atoms with E-state index in [0.717, 1.165) is 35.6 Å². The molecule has 0 spiro atoms. The van der Waals surface area contributed by atoms with Crippen LogP contribution in [0.4, 0.5) is 0 Å². The van der Waals surface area contributed by atoms with Gasteiger partial charge < -0.3 is 9.30 Å². The number of benzene rings is 1. The normalized spacial score (nSPS) is 11.0. The van der Waals surface area contributed by atoms with Crippen molar-refractivity contribution in [3.8, 4) is 5.75 Å². The van der Waals surface area contributed by atoms with Gasteiger partial charge in [-0.2, -0.15) is 0 Å². The smallest absolute Gasteiger partial charge is 0.124 e. The predicted octanol–water partition coefficient (Wildman–Crippen LogP) is 3.58. The Morgan fingerprint density at radius 1 is 1.35 bits per heavy atom. The number of imidazole rings is 1. The van der Waals surface area contributed by atoms with Crippen molar-refractivity contribution in [2.75, 3.05) is 6.61 Å². The number of ether oxygens (including phenoxy) is 1. The van der Waals surface area contributed by atoms with E-state index < -0.39 is 0 Å². The summed E-state index contributed by atoms with van der Waals surface area (Å²) in [5.41, 5.74) is 2.09. The maximum atomic E-state index is 5.93. The molecule has 1 heterocycles. The number of alkyl halides is 1. The van der Waals surface area contributed by atoms with E-state index in [9.17, 15) is 0 Å². The molecule has 0 radical (unpaired) electrons. The van der Waals surface area contributed by atoms with Crippen LogP contribution in [0.5, 0.6) is 5.75 Å². The number of aryl methyl sites for hydroxylation is 1. The summed E-state index contributed by atoms with van der Waals surface area (Å²) in [5, 5.41) is 0. The van der Waals surface area contributed by atoms with Gasteiger partial charge in [-0.1, -0.05) is 6.92 Å². The fraction of sp³-hybridized carbons (Fsp3) is 0.462. The third kappa shape index (κ3) is 2.39. The first-order valence-electron chi connectivity index (χ1n) is 5.98. The molecule has 17 heavy (non-hydrogen) atoms. The SMILES string of the molecule is CCCn1c(CCl)nc2cc(OCC)ccc21. The molecule has 92 valence electrons. The predicted molar refractivity (Wildman–Crippen MR) is 70.8 cm³/mol. The largest absolute Gasteiger partial charge is 0.494 e. The molecule has 4 heteroatoms. The fourth-order valence-electron chi connectivity index (χ4n) is 1.99. The van der Waals surface area contributed by atoms with Crippen molar-refractivity contribution in [3.05, 3.63) is 24.0 Å². The van der Waals surface area contributed by atoms with Crippen molar-refractivity contribution < 1.29 is 4.74 Å². The molecule has 0 unspecified atom stereocenters. The third-order valence-electron chi connectivity index (χ3n) is 2.68. The van der Waals surface area contributed by atoms with Crippen molar-refractivity contribution >= 4 is 22.6 Å². The van der Waals surface area contributed by atoms with Gasteiger partial charge in [0, 0.05) is 12.6 Å². The molecule has 2 aromatic rings. The summed E-state index contributed by atoms with van der Waals surface area (Å²) >= 11 is 5.93. The molecule has 0 atom stereocenters. The third-order valence-corrected chi connectivity index (χ3v) is 2.92. The highest BCUT2D eigenvalue weighted by molar-refractivity contribution is 6.16. The van der Waals surface area contributed by atoms with Crippen LogP contribution in [0.25, 0.3) is 11.0 Å². The number of hydrogen-bond donors (Lipinski definition) is 0. The quantitative estimate of drug-likeness (QED) is 0.761. The monoisotopic (exact) mass is 252 g/mol. The van der Waals surface area contributed by atoms with Crippen molar-refractivity contribution in [2.45, 2.75) is 32.7 Å². The second-order valence-corrected chi connectivity index (χ2v) is 4.16. The Morgan fingerprint density at radius 3 is 2.82 bits per heavy atom. The molecule has 0 amide bonds. The van der Waals surface area contributed by atoms with Crippen molar-refractivity contribution in [3.63, 3.8) is 0 Å². The first-order chi connectivity index (χ1) is 8.30. The van der Waals surface area contributed by atoms with E-state index in [0.29, 0.717) is 12.5 Å². The van der Waals surface area contributed by atoms with Gasteiger partial charge in [0.15, 0.2) is 0 Å². The second kappa shape index (κ2) is 5.41. The Balaban J connectivity index is 2.49. The number of nitrogens with zero attached hydrogens (tertiary/aromatic N) is 2. The zero-order valence-electron chi connectivity index (χ0n) is 10.2. The maximum Gasteiger partial charge on any atom is 0.124 e. The standard InChI is InChI=1S/C13H17ClN2O/c1-3-7-16-12-6-5-10(17-4-2)8-11(12)15-13(16)9-14/h5-6,8H,3-4,7,9H2,1-2H3. The lowest BCUT2D eigenvalue weighted by Gasteiger charge is -2.06. The van der Waals surface area contributed by atoms with Gasteiger partial charge in [-0.05, 0) is 25.5 Å². The van der Waals surface area contributed by atoms with E-state index in [1.807, 2.05) is 19.1 Å². The minimum absolute atomic E-state index is 0.443. The number of aromatic nitrogens is 2. The molecule has 0 N–H and O–H groups in total. The molecule has 1 aromatic heterocycles. The Labute approximate surface area is 106 Å². The van der Waals surface area contributed by atoms with Gasteiger partial charge in [0.25, 0.3) is 0 Å². The van der Waals surface area contributed by atoms with Gasteiger partial charge in [0.05, 0.1) is 23.5 Å². The van der Waals surface area contributed by atoms with Crippen LogP contribution in [0.1, 0.15) is 26.1 Å². The molecule has 0 saturated heterocycles. The van der Waals surface area contributed by atoms with E-state index in [-0.39, 0.29) is 0 Å². The number of rotatable bonds is 5. The molecule has 0 aliphatic heterocycles. The van der Waals surface area contributed by atoms with Crippen molar-refractivity contribution in [2.24, 2.45) is 0 Å². The molecule has 0 aliphatic rings. The number of fused-ring (bicyclic) bond motifs is 1. The highest BCUT2D eigenvalue weighted by atomic mass is 35.5. The Hall–Kier alpha value is -1.22. The summed E-state index contributed by atoms with van der Waals surface area (Å²) in [5.74, 6) is 2.23. The average molecular weight is 253 g/mol. The highest BCUT2D eigenvalue weighted by Gasteiger charge is 2.09. The lowest BCUT2D eigenvalue weighted by atomic mass is 10.3. The molecular weight excluding hydrogens is 236 g/mol. The molecule has 0 fully saturated rings. The fourth-order valence-corrected chi connectivity index (χ4v) is 2.20.